The lowest BCUT2D eigenvalue weighted by molar-refractivity contribution is -0.123. The normalized spacial score (nSPS) is 15.8. The van der Waals surface area contributed by atoms with E-state index in [1.807, 2.05) is 6.92 Å². The van der Waals surface area contributed by atoms with E-state index in [0.717, 1.165) is 5.75 Å². The van der Waals surface area contributed by atoms with Crippen LogP contribution in [0.4, 0.5) is 11.4 Å². The van der Waals surface area contributed by atoms with Gasteiger partial charge in [0.2, 0.25) is 11.8 Å². The summed E-state index contributed by atoms with van der Waals surface area (Å²) in [5.41, 5.74) is 6.59. The third-order valence-electron chi connectivity index (χ3n) is 4.49. The molecule has 1 atom stereocenters. The van der Waals surface area contributed by atoms with Crippen molar-refractivity contribution in [2.75, 3.05) is 30.0 Å². The van der Waals surface area contributed by atoms with Crippen molar-refractivity contribution in [2.24, 2.45) is 11.7 Å². The minimum absolute atomic E-state index is 0.124. The number of nitrogens with one attached hydrogen (secondary N) is 1. The Morgan fingerprint density at radius 1 is 1.07 bits per heavy atom. The van der Waals surface area contributed by atoms with Crippen LogP contribution in [0.25, 0.3) is 0 Å². The fourth-order valence-corrected chi connectivity index (χ4v) is 3.02. The van der Waals surface area contributed by atoms with Crippen molar-refractivity contribution >= 4 is 29.1 Å². The van der Waals surface area contributed by atoms with Crippen LogP contribution < -0.4 is 25.4 Å². The fourth-order valence-electron chi connectivity index (χ4n) is 3.02. The standard InChI is InChI=1S/C21H23N3O5/c1-2-28-17-7-3-15(4-8-17)23-19(25)13-29-18-9-5-16(6-10-18)24-12-14(21(22)27)11-20(24)26/h3-10,14H,2,11-13H2,1H3,(H2,22,27)(H,23,25). The Labute approximate surface area is 168 Å². The molecular weight excluding hydrogens is 374 g/mol. The zero-order valence-electron chi connectivity index (χ0n) is 16.1. The first-order valence-electron chi connectivity index (χ1n) is 9.31. The maximum Gasteiger partial charge on any atom is 0.262 e. The smallest absolute Gasteiger partial charge is 0.262 e. The van der Waals surface area contributed by atoms with Gasteiger partial charge < -0.3 is 25.4 Å². The number of hydrogen-bond donors (Lipinski definition) is 2. The number of carbonyl (C=O) groups excluding carboxylic acids is 3. The average Bonchev–Trinajstić information content (AvgIpc) is 3.11. The Balaban J connectivity index is 1.50. The van der Waals surface area contributed by atoms with E-state index >= 15 is 0 Å². The van der Waals surface area contributed by atoms with Crippen molar-refractivity contribution in [1.82, 2.24) is 0 Å². The van der Waals surface area contributed by atoms with Crippen LogP contribution >= 0.6 is 0 Å². The van der Waals surface area contributed by atoms with Crippen LogP contribution in [-0.4, -0.2) is 37.5 Å². The van der Waals surface area contributed by atoms with Gasteiger partial charge in [0.15, 0.2) is 6.61 Å². The first-order valence-corrected chi connectivity index (χ1v) is 9.31. The molecule has 3 rings (SSSR count). The third-order valence-corrected chi connectivity index (χ3v) is 4.49. The average molecular weight is 397 g/mol. The second kappa shape index (κ2) is 9.09. The van der Waals surface area contributed by atoms with Gasteiger partial charge in [-0.25, -0.2) is 0 Å². The lowest BCUT2D eigenvalue weighted by Crippen LogP contribution is -2.28. The topological polar surface area (TPSA) is 111 Å². The van der Waals surface area contributed by atoms with E-state index in [2.05, 4.69) is 5.32 Å². The molecule has 2 aromatic carbocycles. The van der Waals surface area contributed by atoms with E-state index in [4.69, 9.17) is 15.2 Å². The van der Waals surface area contributed by atoms with Gasteiger partial charge >= 0.3 is 0 Å². The fraction of sp³-hybridized carbons (Fsp3) is 0.286. The lowest BCUT2D eigenvalue weighted by atomic mass is 10.1. The first kappa shape index (κ1) is 20.2. The Morgan fingerprint density at radius 2 is 1.69 bits per heavy atom. The number of hydrogen-bond acceptors (Lipinski definition) is 5. The minimum Gasteiger partial charge on any atom is -0.494 e. The molecule has 1 aliphatic rings. The molecular formula is C21H23N3O5. The van der Waals surface area contributed by atoms with E-state index in [1.165, 1.54) is 4.90 Å². The molecule has 8 nitrogen and oxygen atoms in total. The minimum atomic E-state index is -0.473. The number of primary amides is 1. The van der Waals surface area contributed by atoms with Crippen molar-refractivity contribution in [2.45, 2.75) is 13.3 Å². The largest absolute Gasteiger partial charge is 0.494 e. The molecule has 8 heteroatoms. The molecule has 0 spiro atoms. The molecule has 1 saturated heterocycles. The number of ether oxygens (including phenoxy) is 2. The molecule has 0 aliphatic carbocycles. The lowest BCUT2D eigenvalue weighted by Gasteiger charge is -2.16. The van der Waals surface area contributed by atoms with Crippen molar-refractivity contribution in [3.05, 3.63) is 48.5 Å². The highest BCUT2D eigenvalue weighted by Gasteiger charge is 2.33. The van der Waals surface area contributed by atoms with Gasteiger partial charge in [-0.3, -0.25) is 14.4 Å². The van der Waals surface area contributed by atoms with Crippen molar-refractivity contribution in [3.8, 4) is 11.5 Å². The molecule has 0 bridgehead atoms. The molecule has 3 amide bonds. The van der Waals surface area contributed by atoms with Gasteiger partial charge in [-0.15, -0.1) is 0 Å². The quantitative estimate of drug-likeness (QED) is 0.707. The molecule has 1 fully saturated rings. The molecule has 1 aliphatic heterocycles. The van der Waals surface area contributed by atoms with Crippen LogP contribution in [0.2, 0.25) is 0 Å². The van der Waals surface area contributed by atoms with Gasteiger partial charge in [0.1, 0.15) is 11.5 Å². The van der Waals surface area contributed by atoms with Crippen LogP contribution in [0, 0.1) is 5.92 Å². The van der Waals surface area contributed by atoms with Crippen LogP contribution in [-0.2, 0) is 14.4 Å². The Hall–Kier alpha value is -3.55. The molecule has 1 unspecified atom stereocenters. The Bertz CT molecular complexity index is 880. The highest BCUT2D eigenvalue weighted by molar-refractivity contribution is 6.00. The third kappa shape index (κ3) is 5.25. The van der Waals surface area contributed by atoms with E-state index in [0.29, 0.717) is 23.7 Å². The summed E-state index contributed by atoms with van der Waals surface area (Å²) in [7, 11) is 0. The highest BCUT2D eigenvalue weighted by atomic mass is 16.5. The molecule has 3 N–H and O–H groups in total. The predicted molar refractivity (Wildman–Crippen MR) is 108 cm³/mol. The molecule has 0 radical (unpaired) electrons. The van der Waals surface area contributed by atoms with Gasteiger partial charge in [0.25, 0.3) is 5.91 Å². The van der Waals surface area contributed by atoms with E-state index < -0.39 is 11.8 Å². The van der Waals surface area contributed by atoms with Crippen molar-refractivity contribution in [3.63, 3.8) is 0 Å². The summed E-state index contributed by atoms with van der Waals surface area (Å²) in [6.07, 6.45) is 0.124. The molecule has 29 heavy (non-hydrogen) atoms. The van der Waals surface area contributed by atoms with Crippen LogP contribution in [0.1, 0.15) is 13.3 Å². The summed E-state index contributed by atoms with van der Waals surface area (Å²) in [5, 5.41) is 2.74. The zero-order chi connectivity index (χ0) is 20.8. The highest BCUT2D eigenvalue weighted by Crippen LogP contribution is 2.26. The van der Waals surface area contributed by atoms with Gasteiger partial charge in [0, 0.05) is 24.3 Å². The van der Waals surface area contributed by atoms with E-state index in [-0.39, 0.29) is 31.4 Å². The van der Waals surface area contributed by atoms with Crippen LogP contribution in [0.5, 0.6) is 11.5 Å². The van der Waals surface area contributed by atoms with E-state index in [9.17, 15) is 14.4 Å². The maximum atomic E-state index is 12.1. The SMILES string of the molecule is CCOc1ccc(NC(=O)COc2ccc(N3CC(C(N)=O)CC3=O)cc2)cc1. The second-order valence-electron chi connectivity index (χ2n) is 6.60. The summed E-state index contributed by atoms with van der Waals surface area (Å²) in [6, 6.07) is 13.8. The molecule has 152 valence electrons. The first-order chi connectivity index (χ1) is 14.0. The molecule has 2 aromatic rings. The Morgan fingerprint density at radius 3 is 2.28 bits per heavy atom. The second-order valence-corrected chi connectivity index (χ2v) is 6.60. The van der Waals surface area contributed by atoms with Crippen LogP contribution in [0.15, 0.2) is 48.5 Å². The number of benzene rings is 2. The zero-order valence-corrected chi connectivity index (χ0v) is 16.1. The summed E-state index contributed by atoms with van der Waals surface area (Å²) in [6.45, 7) is 2.61. The number of amides is 3. The van der Waals surface area contributed by atoms with Crippen molar-refractivity contribution < 1.29 is 23.9 Å². The summed E-state index contributed by atoms with van der Waals surface area (Å²) < 4.78 is 10.8. The molecule has 0 saturated carbocycles. The number of nitrogens with two attached hydrogens (primary N) is 1. The monoisotopic (exact) mass is 397 g/mol. The number of anilines is 2. The van der Waals surface area contributed by atoms with Crippen LogP contribution in [0.3, 0.4) is 0 Å². The molecule has 0 aromatic heterocycles. The molecule has 1 heterocycles. The predicted octanol–water partition coefficient (Wildman–Crippen LogP) is 1.94. The van der Waals surface area contributed by atoms with Gasteiger partial charge in [-0.05, 0) is 55.5 Å². The van der Waals surface area contributed by atoms with Gasteiger partial charge in [-0.2, -0.15) is 0 Å². The van der Waals surface area contributed by atoms with Crippen molar-refractivity contribution in [1.29, 1.82) is 0 Å². The summed E-state index contributed by atoms with van der Waals surface area (Å²) in [5.74, 6) is -0.146. The number of rotatable bonds is 8. The van der Waals surface area contributed by atoms with E-state index in [1.54, 1.807) is 48.5 Å². The Kier molecular flexibility index (Phi) is 6.33. The van der Waals surface area contributed by atoms with Gasteiger partial charge in [-0.1, -0.05) is 0 Å². The number of nitrogens with zero attached hydrogens (tertiary/aromatic N) is 1. The van der Waals surface area contributed by atoms with Gasteiger partial charge in [0.05, 0.1) is 12.5 Å². The number of carbonyl (C=O) groups is 3. The summed E-state index contributed by atoms with van der Waals surface area (Å²) in [4.78, 5) is 36.9. The maximum absolute atomic E-state index is 12.1. The summed E-state index contributed by atoms with van der Waals surface area (Å²) >= 11 is 0.